The van der Waals surface area contributed by atoms with Crippen LogP contribution in [0.3, 0.4) is 0 Å². The maximum absolute atomic E-state index is 6.35. The van der Waals surface area contributed by atoms with Crippen LogP contribution in [0, 0.1) is 0 Å². The summed E-state index contributed by atoms with van der Waals surface area (Å²) < 4.78 is 6.35. The Morgan fingerprint density at radius 3 is 1.83 bits per heavy atom. The molecule has 1 aliphatic rings. The van der Waals surface area contributed by atoms with Gasteiger partial charge in [0.25, 0.3) is 0 Å². The van der Waals surface area contributed by atoms with E-state index in [0.29, 0.717) is 0 Å². The first-order valence-corrected chi connectivity index (χ1v) is 12.2. The highest BCUT2D eigenvalue weighted by molar-refractivity contribution is 6.04. The molecule has 0 aromatic heterocycles. The lowest BCUT2D eigenvalue weighted by Crippen LogP contribution is -2.11. The van der Waals surface area contributed by atoms with Gasteiger partial charge in [-0.1, -0.05) is 91.0 Å². The molecule has 1 heterocycles. The molecule has 0 saturated carbocycles. The van der Waals surface area contributed by atoms with Crippen LogP contribution >= 0.6 is 0 Å². The fourth-order valence-corrected chi connectivity index (χ4v) is 5.23. The summed E-state index contributed by atoms with van der Waals surface area (Å²) in [6.45, 7) is 0. The third-order valence-electron chi connectivity index (χ3n) is 6.84. The second-order valence-electron chi connectivity index (χ2n) is 9.00. The molecular weight excluding hydrogens is 438 g/mol. The van der Waals surface area contributed by atoms with Gasteiger partial charge in [0.1, 0.15) is 11.5 Å². The van der Waals surface area contributed by atoms with Crippen LogP contribution in [-0.4, -0.2) is 0 Å². The van der Waals surface area contributed by atoms with E-state index in [4.69, 9.17) is 4.74 Å². The number of rotatable bonds is 4. The van der Waals surface area contributed by atoms with Crippen molar-refractivity contribution < 1.29 is 4.74 Å². The molecule has 1 aliphatic heterocycles. The van der Waals surface area contributed by atoms with E-state index in [-0.39, 0.29) is 0 Å². The first-order chi connectivity index (χ1) is 17.9. The minimum absolute atomic E-state index is 0.894. The lowest BCUT2D eigenvalue weighted by molar-refractivity contribution is 0.487. The lowest BCUT2D eigenvalue weighted by atomic mass is 9.92. The quantitative estimate of drug-likeness (QED) is 0.259. The summed E-state index contributed by atoms with van der Waals surface area (Å²) in [5.74, 6) is 1.81. The van der Waals surface area contributed by atoms with Crippen LogP contribution in [0.25, 0.3) is 33.0 Å². The third kappa shape index (κ3) is 3.35. The van der Waals surface area contributed by atoms with Gasteiger partial charge < -0.3 is 9.64 Å². The van der Waals surface area contributed by atoms with Gasteiger partial charge in [-0.3, -0.25) is 0 Å². The predicted molar refractivity (Wildman–Crippen MR) is 150 cm³/mol. The van der Waals surface area contributed by atoms with Crippen molar-refractivity contribution in [1.82, 2.24) is 0 Å². The molecule has 6 aromatic carbocycles. The number of benzene rings is 6. The van der Waals surface area contributed by atoms with Gasteiger partial charge in [-0.15, -0.1) is 0 Å². The summed E-state index contributed by atoms with van der Waals surface area (Å²) in [5, 5.41) is 2.37. The molecule has 0 atom stereocenters. The van der Waals surface area contributed by atoms with Crippen molar-refractivity contribution in [3.63, 3.8) is 0 Å². The summed E-state index contributed by atoms with van der Waals surface area (Å²) in [6.07, 6.45) is 0. The normalized spacial score (nSPS) is 11.6. The zero-order valence-electron chi connectivity index (χ0n) is 19.6. The van der Waals surface area contributed by atoms with Crippen molar-refractivity contribution >= 4 is 27.8 Å². The van der Waals surface area contributed by atoms with E-state index < -0.39 is 0 Å². The molecule has 2 heteroatoms. The van der Waals surface area contributed by atoms with Crippen molar-refractivity contribution in [1.29, 1.82) is 0 Å². The molecule has 0 aliphatic carbocycles. The molecule has 0 spiro atoms. The minimum Gasteiger partial charge on any atom is -0.456 e. The van der Waals surface area contributed by atoms with Gasteiger partial charge in [-0.25, -0.2) is 0 Å². The Morgan fingerprint density at radius 2 is 1.08 bits per heavy atom. The van der Waals surface area contributed by atoms with Crippen LogP contribution in [-0.2, 0) is 0 Å². The fourth-order valence-electron chi connectivity index (χ4n) is 5.23. The van der Waals surface area contributed by atoms with Gasteiger partial charge in [-0.05, 0) is 65.0 Å². The Morgan fingerprint density at radius 1 is 0.444 bits per heavy atom. The van der Waals surface area contributed by atoms with Crippen LogP contribution in [0.15, 0.2) is 140 Å². The maximum Gasteiger partial charge on any atom is 0.135 e. The third-order valence-corrected chi connectivity index (χ3v) is 6.84. The van der Waals surface area contributed by atoms with E-state index in [1.165, 1.54) is 21.9 Å². The number of fused-ring (bicyclic) bond motifs is 2. The van der Waals surface area contributed by atoms with Crippen LogP contribution in [0.4, 0.5) is 17.1 Å². The largest absolute Gasteiger partial charge is 0.456 e. The first kappa shape index (κ1) is 20.5. The van der Waals surface area contributed by atoms with Gasteiger partial charge in [0.15, 0.2) is 0 Å². The molecule has 2 nitrogen and oxygen atoms in total. The Kier molecular flexibility index (Phi) is 4.82. The second-order valence-corrected chi connectivity index (χ2v) is 9.00. The zero-order valence-corrected chi connectivity index (χ0v) is 19.6. The minimum atomic E-state index is 0.894. The van der Waals surface area contributed by atoms with Gasteiger partial charge in [0, 0.05) is 27.9 Å². The SMILES string of the molecule is c1ccc(N(c2ccccc2)c2ccccc2-c2ccc3c(c2)-c2cccc4cccc(c24)O3)cc1. The Bertz CT molecular complexity index is 1660. The standard InChI is InChI=1S/C34H23NO/c1-3-13-26(14-4-1)35(27-15-5-2-6-16-27)31-19-8-7-17-28(31)25-21-22-32-30(23-25)29-18-9-11-24-12-10-20-33(36-32)34(24)29/h1-23H. The number of hydrogen-bond acceptors (Lipinski definition) is 2. The van der Waals surface area contributed by atoms with Crippen molar-refractivity contribution in [2.75, 3.05) is 4.90 Å². The van der Waals surface area contributed by atoms with E-state index in [9.17, 15) is 0 Å². The molecule has 0 unspecified atom stereocenters. The van der Waals surface area contributed by atoms with E-state index in [0.717, 1.165) is 39.7 Å². The predicted octanol–water partition coefficient (Wildman–Crippen LogP) is 9.75. The molecular formula is C34H23NO. The van der Waals surface area contributed by atoms with Gasteiger partial charge >= 0.3 is 0 Å². The average Bonchev–Trinajstić information content (AvgIpc) is 2.95. The Balaban J connectivity index is 1.42. The molecule has 0 radical (unpaired) electrons. The number of nitrogens with zero attached hydrogens (tertiary/aromatic N) is 1. The summed E-state index contributed by atoms with van der Waals surface area (Å²) >= 11 is 0. The fraction of sp³-hybridized carbons (Fsp3) is 0. The zero-order chi connectivity index (χ0) is 23.9. The van der Waals surface area contributed by atoms with Gasteiger partial charge in [0.05, 0.1) is 5.69 Å². The summed E-state index contributed by atoms with van der Waals surface area (Å²) in [7, 11) is 0. The number of ether oxygens (including phenoxy) is 1. The smallest absolute Gasteiger partial charge is 0.135 e. The monoisotopic (exact) mass is 461 g/mol. The van der Waals surface area contributed by atoms with E-state index >= 15 is 0 Å². The number of para-hydroxylation sites is 3. The van der Waals surface area contributed by atoms with Crippen LogP contribution in [0.2, 0.25) is 0 Å². The molecule has 36 heavy (non-hydrogen) atoms. The highest BCUT2D eigenvalue weighted by Crippen LogP contribution is 2.48. The molecule has 0 fully saturated rings. The number of anilines is 3. The van der Waals surface area contributed by atoms with Crippen LogP contribution in [0.5, 0.6) is 11.5 Å². The van der Waals surface area contributed by atoms with Crippen molar-refractivity contribution in [2.24, 2.45) is 0 Å². The van der Waals surface area contributed by atoms with E-state index in [2.05, 4.69) is 144 Å². The van der Waals surface area contributed by atoms with Crippen molar-refractivity contribution in [2.45, 2.75) is 0 Å². The second kappa shape index (κ2) is 8.44. The maximum atomic E-state index is 6.35. The molecule has 7 rings (SSSR count). The topological polar surface area (TPSA) is 12.5 Å². The Labute approximate surface area is 210 Å². The molecule has 0 bridgehead atoms. The molecule has 170 valence electrons. The number of hydrogen-bond donors (Lipinski definition) is 0. The Hall–Kier alpha value is -4.82. The van der Waals surface area contributed by atoms with Crippen LogP contribution in [0.1, 0.15) is 0 Å². The summed E-state index contributed by atoms with van der Waals surface area (Å²) in [6, 6.07) is 49.0. The molecule has 0 N–H and O–H groups in total. The lowest BCUT2D eigenvalue weighted by Gasteiger charge is -2.28. The van der Waals surface area contributed by atoms with Crippen LogP contribution < -0.4 is 9.64 Å². The highest BCUT2D eigenvalue weighted by Gasteiger charge is 2.22. The van der Waals surface area contributed by atoms with E-state index in [1.54, 1.807) is 0 Å². The summed E-state index contributed by atoms with van der Waals surface area (Å²) in [4.78, 5) is 2.32. The first-order valence-electron chi connectivity index (χ1n) is 12.2. The summed E-state index contributed by atoms with van der Waals surface area (Å²) in [5.41, 5.74) is 8.03. The van der Waals surface area contributed by atoms with E-state index in [1.807, 2.05) is 0 Å². The van der Waals surface area contributed by atoms with Crippen molar-refractivity contribution in [3.8, 4) is 33.8 Å². The van der Waals surface area contributed by atoms with Gasteiger partial charge in [-0.2, -0.15) is 0 Å². The van der Waals surface area contributed by atoms with Gasteiger partial charge in [0.2, 0.25) is 0 Å². The average molecular weight is 462 g/mol. The molecule has 0 amide bonds. The van der Waals surface area contributed by atoms with Crippen molar-refractivity contribution in [3.05, 3.63) is 140 Å². The molecule has 0 saturated heterocycles. The molecule has 6 aromatic rings. The highest BCUT2D eigenvalue weighted by atomic mass is 16.5.